The maximum atomic E-state index is 12.5. The van der Waals surface area contributed by atoms with Crippen molar-refractivity contribution in [3.05, 3.63) is 11.3 Å². The smallest absolute Gasteiger partial charge is 0.357 e. The van der Waals surface area contributed by atoms with E-state index in [1.54, 1.807) is 6.92 Å². The van der Waals surface area contributed by atoms with E-state index >= 15 is 0 Å². The van der Waals surface area contributed by atoms with Gasteiger partial charge in [0.1, 0.15) is 17.1 Å². The van der Waals surface area contributed by atoms with Crippen LogP contribution in [-0.2, 0) is 28.5 Å². The van der Waals surface area contributed by atoms with E-state index in [0.29, 0.717) is 11.3 Å². The Bertz CT molecular complexity index is 524. The van der Waals surface area contributed by atoms with E-state index in [0.717, 1.165) is 0 Å². The summed E-state index contributed by atoms with van der Waals surface area (Å²) in [6, 6.07) is -0.588. The average molecular weight is 360 g/mol. The molecule has 2 heterocycles. The van der Waals surface area contributed by atoms with Gasteiger partial charge in [-0.3, -0.25) is 9.69 Å². The molecule has 0 aliphatic carbocycles. The molecule has 8 nitrogen and oxygen atoms in total. The van der Waals surface area contributed by atoms with Crippen LogP contribution in [0, 0.1) is 0 Å². The molecule has 2 rings (SSSR count). The molecular formula is C15H24N2O6S. The number of carbonyl (C=O) groups is 2. The van der Waals surface area contributed by atoms with Crippen molar-refractivity contribution in [3.8, 4) is 0 Å². The summed E-state index contributed by atoms with van der Waals surface area (Å²) >= 11 is 1.51. The normalized spacial score (nSPS) is 24.8. The number of hydrogen-bond donors (Lipinski definition) is 1. The van der Waals surface area contributed by atoms with Crippen LogP contribution in [0.5, 0.6) is 0 Å². The number of carbonyl (C=O) groups excluding carboxylic acids is 2. The van der Waals surface area contributed by atoms with Crippen molar-refractivity contribution in [2.75, 3.05) is 26.3 Å². The molecule has 0 radical (unpaired) electrons. The monoisotopic (exact) mass is 360 g/mol. The van der Waals surface area contributed by atoms with Crippen LogP contribution in [0.25, 0.3) is 0 Å². The van der Waals surface area contributed by atoms with Crippen LogP contribution in [0.4, 0.5) is 0 Å². The zero-order valence-corrected chi connectivity index (χ0v) is 15.1. The predicted octanol–water partition coefficient (Wildman–Crippen LogP) is 0.418. The molecule has 2 aliphatic heterocycles. The summed E-state index contributed by atoms with van der Waals surface area (Å²) in [7, 11) is 1.53. The highest BCUT2D eigenvalue weighted by atomic mass is 32.2. The van der Waals surface area contributed by atoms with Gasteiger partial charge in [0.25, 0.3) is 0 Å². The van der Waals surface area contributed by atoms with E-state index in [1.165, 1.54) is 23.8 Å². The van der Waals surface area contributed by atoms with E-state index in [-0.39, 0.29) is 36.5 Å². The van der Waals surface area contributed by atoms with E-state index in [1.807, 2.05) is 13.8 Å². The number of thioether (sulfide) groups is 1. The topological polar surface area (TPSA) is 100 Å². The largest absolute Gasteiger partial charge is 0.431 e. The molecule has 1 saturated heterocycles. The average Bonchev–Trinajstić information content (AvgIpc) is 2.53. The molecule has 0 saturated carbocycles. The molecule has 136 valence electrons. The van der Waals surface area contributed by atoms with E-state index in [4.69, 9.17) is 24.7 Å². The molecule has 3 atom stereocenters. The molecule has 0 aromatic heterocycles. The minimum atomic E-state index is -0.800. The molecule has 0 aromatic carbocycles. The van der Waals surface area contributed by atoms with Gasteiger partial charge >= 0.3 is 5.97 Å². The van der Waals surface area contributed by atoms with Crippen molar-refractivity contribution in [3.63, 3.8) is 0 Å². The fourth-order valence-corrected chi connectivity index (χ4v) is 3.64. The van der Waals surface area contributed by atoms with Gasteiger partial charge in [-0.15, -0.1) is 11.8 Å². The quantitative estimate of drug-likeness (QED) is 0.378. The Morgan fingerprint density at radius 3 is 2.71 bits per heavy atom. The lowest BCUT2D eigenvalue weighted by molar-refractivity contribution is -0.200. The SMILES string of the molecule is COCC1=C(C(=O)OC(C)OCOC(C)C)N2C(=O)[C@@H](N)[C@H]2SC1. The summed E-state index contributed by atoms with van der Waals surface area (Å²) in [6.07, 6.45) is -0.786. The maximum absolute atomic E-state index is 12.5. The molecule has 0 spiro atoms. The standard InChI is InChI=1S/C15H24N2O6S/c1-8(2)21-7-22-9(3)23-15(19)12-10(5-20-4)6-24-14-11(16)13(18)17(12)14/h8-9,11,14H,5-7,16H2,1-4H3/t9?,11-,14-/m1/s1. The van der Waals surface area contributed by atoms with Crippen LogP contribution in [0.2, 0.25) is 0 Å². The van der Waals surface area contributed by atoms with Crippen LogP contribution < -0.4 is 5.73 Å². The number of nitrogens with zero attached hydrogens (tertiary/aromatic N) is 1. The van der Waals surface area contributed by atoms with Crippen molar-refractivity contribution in [1.82, 2.24) is 4.90 Å². The molecule has 9 heteroatoms. The highest BCUT2D eigenvalue weighted by molar-refractivity contribution is 8.00. The van der Waals surface area contributed by atoms with Crippen LogP contribution in [0.3, 0.4) is 0 Å². The zero-order valence-electron chi connectivity index (χ0n) is 14.3. The van der Waals surface area contributed by atoms with E-state index in [9.17, 15) is 9.59 Å². The van der Waals surface area contributed by atoms with Crippen LogP contribution in [-0.4, -0.2) is 66.8 Å². The van der Waals surface area contributed by atoms with Gasteiger partial charge in [0, 0.05) is 12.9 Å². The summed E-state index contributed by atoms with van der Waals surface area (Å²) < 4.78 is 20.9. The fourth-order valence-electron chi connectivity index (χ4n) is 2.37. The maximum Gasteiger partial charge on any atom is 0.357 e. The highest BCUT2D eigenvalue weighted by Gasteiger charge is 2.52. The number of esters is 1. The Labute approximate surface area is 145 Å². The summed E-state index contributed by atoms with van der Waals surface area (Å²) in [4.78, 5) is 26.0. The number of nitrogens with two attached hydrogens (primary N) is 1. The Kier molecular flexibility index (Phi) is 6.64. The van der Waals surface area contributed by atoms with Gasteiger partial charge in [0.05, 0.1) is 12.7 Å². The lowest BCUT2D eigenvalue weighted by atomic mass is 10.0. The van der Waals surface area contributed by atoms with Crippen molar-refractivity contribution >= 4 is 23.6 Å². The summed E-state index contributed by atoms with van der Waals surface area (Å²) in [5.74, 6) is -0.347. The van der Waals surface area contributed by atoms with E-state index in [2.05, 4.69) is 0 Å². The van der Waals surface area contributed by atoms with E-state index < -0.39 is 18.3 Å². The Balaban J connectivity index is 2.04. The Morgan fingerprint density at radius 1 is 1.38 bits per heavy atom. The van der Waals surface area contributed by atoms with Crippen molar-refractivity contribution < 1.29 is 28.5 Å². The molecule has 1 unspecified atom stereocenters. The van der Waals surface area contributed by atoms with Gasteiger partial charge in [-0.2, -0.15) is 0 Å². The molecule has 24 heavy (non-hydrogen) atoms. The van der Waals surface area contributed by atoms with Crippen LogP contribution in [0.1, 0.15) is 20.8 Å². The number of β-lactam (4-membered cyclic amide) rings is 1. The minimum Gasteiger partial charge on any atom is -0.431 e. The number of fused-ring (bicyclic) bond motifs is 1. The zero-order chi connectivity index (χ0) is 17.9. The third-order valence-corrected chi connectivity index (χ3v) is 4.94. The third-order valence-electron chi connectivity index (χ3n) is 3.58. The predicted molar refractivity (Wildman–Crippen MR) is 87.7 cm³/mol. The van der Waals surface area contributed by atoms with Gasteiger partial charge in [-0.25, -0.2) is 4.79 Å². The number of rotatable bonds is 8. The van der Waals surface area contributed by atoms with Crippen LogP contribution >= 0.6 is 11.8 Å². The molecule has 1 amide bonds. The first kappa shape index (κ1) is 19.2. The molecule has 1 fully saturated rings. The van der Waals surface area contributed by atoms with Crippen molar-refractivity contribution in [2.24, 2.45) is 5.73 Å². The molecule has 0 bridgehead atoms. The highest BCUT2D eigenvalue weighted by Crippen LogP contribution is 2.39. The van der Waals surface area contributed by atoms with Gasteiger partial charge in [0.2, 0.25) is 12.2 Å². The Morgan fingerprint density at radius 2 is 2.08 bits per heavy atom. The van der Waals surface area contributed by atoms with Gasteiger partial charge in [-0.1, -0.05) is 0 Å². The minimum absolute atomic E-state index is 0.0141. The first-order valence-electron chi connectivity index (χ1n) is 7.72. The summed E-state index contributed by atoms with van der Waals surface area (Å²) in [6.45, 7) is 5.61. The second-order valence-electron chi connectivity index (χ2n) is 5.79. The van der Waals surface area contributed by atoms with Crippen LogP contribution in [0.15, 0.2) is 11.3 Å². The third kappa shape index (κ3) is 4.09. The first-order valence-corrected chi connectivity index (χ1v) is 8.77. The lowest BCUT2D eigenvalue weighted by Gasteiger charge is -2.48. The molecular weight excluding hydrogens is 336 g/mol. The number of hydrogen-bond acceptors (Lipinski definition) is 8. The second-order valence-corrected chi connectivity index (χ2v) is 6.90. The van der Waals surface area contributed by atoms with Crippen molar-refractivity contribution in [2.45, 2.75) is 44.6 Å². The second kappa shape index (κ2) is 8.30. The molecule has 0 aromatic rings. The number of methoxy groups -OCH3 is 1. The fraction of sp³-hybridized carbons (Fsp3) is 0.733. The molecule has 2 N–H and O–H groups in total. The van der Waals surface area contributed by atoms with Crippen molar-refractivity contribution in [1.29, 1.82) is 0 Å². The summed E-state index contributed by atoms with van der Waals surface area (Å²) in [5, 5.41) is -0.235. The number of amides is 1. The van der Waals surface area contributed by atoms with Gasteiger partial charge < -0.3 is 24.7 Å². The first-order chi connectivity index (χ1) is 11.4. The number of ether oxygens (including phenoxy) is 4. The van der Waals surface area contributed by atoms with Gasteiger partial charge in [0.15, 0.2) is 6.79 Å². The lowest BCUT2D eigenvalue weighted by Crippen LogP contribution is -2.68. The summed E-state index contributed by atoms with van der Waals surface area (Å²) in [5.41, 5.74) is 6.71. The van der Waals surface area contributed by atoms with Gasteiger partial charge in [-0.05, 0) is 26.3 Å². The Hall–Kier alpha value is -1.13. The molecule has 2 aliphatic rings.